The summed E-state index contributed by atoms with van der Waals surface area (Å²) in [7, 11) is -3.65. The fourth-order valence-corrected chi connectivity index (χ4v) is 5.24. The Hall–Kier alpha value is -3.15. The van der Waals surface area contributed by atoms with Gasteiger partial charge in [0.25, 0.3) is 0 Å². The lowest BCUT2D eigenvalue weighted by molar-refractivity contribution is -0.119. The molecule has 2 heterocycles. The first kappa shape index (κ1) is 30.4. The van der Waals surface area contributed by atoms with E-state index in [-0.39, 0.29) is 18.4 Å². The highest BCUT2D eigenvalue weighted by Gasteiger charge is 2.24. The second-order valence-corrected chi connectivity index (χ2v) is 11.8. The van der Waals surface area contributed by atoms with Crippen LogP contribution in [0.25, 0.3) is 0 Å². The molecule has 3 rings (SSSR count). The summed E-state index contributed by atoms with van der Waals surface area (Å²) in [5.74, 6) is 5.86. The topological polar surface area (TPSA) is 139 Å². The van der Waals surface area contributed by atoms with Crippen LogP contribution in [0.5, 0.6) is 5.75 Å². The molecular formula is C28H42N6O4S. The van der Waals surface area contributed by atoms with Crippen LogP contribution in [-0.2, 0) is 27.9 Å². The van der Waals surface area contributed by atoms with Crippen molar-refractivity contribution in [3.63, 3.8) is 0 Å². The van der Waals surface area contributed by atoms with Crippen molar-refractivity contribution in [2.75, 3.05) is 19.3 Å². The van der Waals surface area contributed by atoms with Crippen molar-refractivity contribution in [2.45, 2.75) is 71.6 Å². The summed E-state index contributed by atoms with van der Waals surface area (Å²) in [5, 5.41) is 3.13. The van der Waals surface area contributed by atoms with E-state index in [9.17, 15) is 13.2 Å². The van der Waals surface area contributed by atoms with E-state index < -0.39 is 15.9 Å². The minimum Gasteiger partial charge on any atom is -0.489 e. The lowest BCUT2D eigenvalue weighted by Crippen LogP contribution is -2.32. The number of aryl methyl sites for hydroxylation is 1. The number of aromatic nitrogens is 1. The number of sulfonamides is 1. The summed E-state index contributed by atoms with van der Waals surface area (Å²) in [6.07, 6.45) is 8.65. The minimum atomic E-state index is -3.65. The van der Waals surface area contributed by atoms with E-state index >= 15 is 0 Å². The van der Waals surface area contributed by atoms with Gasteiger partial charge in [0, 0.05) is 62.5 Å². The number of nitrogens with one attached hydrogen (secondary N) is 3. The molecule has 0 fully saturated rings. The third kappa shape index (κ3) is 9.52. The third-order valence-electron chi connectivity index (χ3n) is 6.86. The van der Waals surface area contributed by atoms with Gasteiger partial charge in [-0.25, -0.2) is 8.42 Å². The number of fused-ring (bicyclic) bond motifs is 1. The summed E-state index contributed by atoms with van der Waals surface area (Å²) in [5.41, 5.74) is 7.87. The Labute approximate surface area is 232 Å². The molecule has 1 aromatic carbocycles. The molecule has 11 heteroatoms. The van der Waals surface area contributed by atoms with Crippen molar-refractivity contribution in [3.05, 3.63) is 70.8 Å². The maximum atomic E-state index is 12.6. The number of pyridine rings is 1. The number of benzene rings is 1. The van der Waals surface area contributed by atoms with Crippen LogP contribution in [0.4, 0.5) is 0 Å². The fraction of sp³-hybridized carbons (Fsp3) is 0.500. The molecule has 0 radical (unpaired) electrons. The molecule has 5 N–H and O–H groups in total. The molecule has 1 aliphatic heterocycles. The molecule has 2 atom stereocenters. The average molecular weight is 559 g/mol. The van der Waals surface area contributed by atoms with Crippen molar-refractivity contribution in [3.8, 4) is 5.75 Å². The first-order valence-corrected chi connectivity index (χ1v) is 15.3. The standard InChI is InChI=1S/C28H42N6O4S/c1-5-26-19-34(18-24-15-31-12-11-27(24)38-26)17-23-13-21(8-7-20(23)3)22(14-28(35)33-39(4,36)37)9-10-25(32-29)16-30-6-2/h7-8,11-13,15-16,22,26,30,32H,5-6,9-10,14,17-19,29H2,1-4H3,(H,33,35). The van der Waals surface area contributed by atoms with Crippen molar-refractivity contribution in [2.24, 2.45) is 5.84 Å². The summed E-state index contributed by atoms with van der Waals surface area (Å²) >= 11 is 0. The zero-order valence-corrected chi connectivity index (χ0v) is 24.2. The maximum Gasteiger partial charge on any atom is 0.234 e. The molecule has 1 amide bonds. The van der Waals surface area contributed by atoms with Gasteiger partial charge in [0.05, 0.1) is 6.26 Å². The first-order valence-electron chi connectivity index (χ1n) is 13.4. The van der Waals surface area contributed by atoms with E-state index in [1.807, 2.05) is 31.5 Å². The van der Waals surface area contributed by atoms with Gasteiger partial charge in [-0.15, -0.1) is 0 Å². The molecule has 0 aliphatic carbocycles. The number of hydrazine groups is 1. The fourth-order valence-electron chi connectivity index (χ4n) is 4.75. The third-order valence-corrected chi connectivity index (χ3v) is 7.46. The van der Waals surface area contributed by atoms with Crippen molar-refractivity contribution < 1.29 is 17.9 Å². The maximum absolute atomic E-state index is 12.6. The first-order chi connectivity index (χ1) is 18.6. The molecule has 10 nitrogen and oxygen atoms in total. The van der Waals surface area contributed by atoms with E-state index in [0.717, 1.165) is 66.0 Å². The van der Waals surface area contributed by atoms with Gasteiger partial charge >= 0.3 is 0 Å². The van der Waals surface area contributed by atoms with Crippen LogP contribution in [0.15, 0.2) is 48.6 Å². The molecule has 0 saturated heterocycles. The number of allylic oxidation sites excluding steroid dienone is 1. The van der Waals surface area contributed by atoms with Gasteiger partial charge in [-0.3, -0.25) is 25.2 Å². The number of nitrogens with two attached hydrogens (primary N) is 1. The Balaban J connectivity index is 1.86. The smallest absolute Gasteiger partial charge is 0.234 e. The SMILES string of the molecule is CCNC=C(CCC(CC(=O)NS(C)(=O)=O)c1ccc(C)c(CN2Cc3cnccc3OC(CC)C2)c1)NN. The Bertz CT molecular complexity index is 1250. The lowest BCUT2D eigenvalue weighted by Gasteiger charge is -2.25. The molecule has 39 heavy (non-hydrogen) atoms. The van der Waals surface area contributed by atoms with Crippen LogP contribution in [0.2, 0.25) is 0 Å². The van der Waals surface area contributed by atoms with Crippen LogP contribution in [0.3, 0.4) is 0 Å². The number of carbonyl (C=O) groups excluding carboxylic acids is 1. The van der Waals surface area contributed by atoms with Gasteiger partial charge in [0.1, 0.15) is 11.9 Å². The molecule has 214 valence electrons. The summed E-state index contributed by atoms with van der Waals surface area (Å²) < 4.78 is 31.7. The molecule has 0 spiro atoms. The van der Waals surface area contributed by atoms with Crippen molar-refractivity contribution in [1.82, 2.24) is 25.3 Å². The van der Waals surface area contributed by atoms with Crippen LogP contribution >= 0.6 is 0 Å². The summed E-state index contributed by atoms with van der Waals surface area (Å²) in [6, 6.07) is 8.17. The Morgan fingerprint density at radius 1 is 1.31 bits per heavy atom. The van der Waals surface area contributed by atoms with Crippen LogP contribution in [0, 0.1) is 6.92 Å². The predicted octanol–water partition coefficient (Wildman–Crippen LogP) is 2.81. The number of rotatable bonds is 13. The van der Waals surface area contributed by atoms with E-state index in [1.54, 1.807) is 6.20 Å². The highest BCUT2D eigenvalue weighted by atomic mass is 32.2. The normalized spacial score (nSPS) is 16.9. The lowest BCUT2D eigenvalue weighted by atomic mass is 9.88. The van der Waals surface area contributed by atoms with Crippen molar-refractivity contribution >= 4 is 15.9 Å². The highest BCUT2D eigenvalue weighted by Crippen LogP contribution is 2.30. The molecule has 0 bridgehead atoms. The minimum absolute atomic E-state index is 0.0448. The van der Waals surface area contributed by atoms with Gasteiger partial charge in [-0.2, -0.15) is 0 Å². The number of hydrogen-bond acceptors (Lipinski definition) is 9. The second-order valence-electron chi connectivity index (χ2n) is 10.1. The molecule has 0 saturated carbocycles. The van der Waals surface area contributed by atoms with E-state index in [0.29, 0.717) is 19.4 Å². The predicted molar refractivity (Wildman–Crippen MR) is 153 cm³/mol. The summed E-state index contributed by atoms with van der Waals surface area (Å²) in [6.45, 7) is 9.19. The van der Waals surface area contributed by atoms with Crippen molar-refractivity contribution in [1.29, 1.82) is 0 Å². The van der Waals surface area contributed by atoms with Crippen LogP contribution < -0.4 is 26.0 Å². The van der Waals surface area contributed by atoms with Gasteiger partial charge < -0.3 is 15.5 Å². The Kier molecular flexibility index (Phi) is 11.1. The number of amides is 1. The number of carbonyl (C=O) groups is 1. The molecule has 1 aromatic heterocycles. The zero-order chi connectivity index (χ0) is 28.4. The number of nitrogens with zero attached hydrogens (tertiary/aromatic N) is 2. The largest absolute Gasteiger partial charge is 0.489 e. The zero-order valence-electron chi connectivity index (χ0n) is 23.4. The average Bonchev–Trinajstić information content (AvgIpc) is 3.07. The van der Waals surface area contributed by atoms with E-state index in [1.165, 1.54) is 0 Å². The van der Waals surface area contributed by atoms with E-state index in [4.69, 9.17) is 10.6 Å². The van der Waals surface area contributed by atoms with Crippen LogP contribution in [0.1, 0.15) is 67.7 Å². The monoisotopic (exact) mass is 558 g/mol. The van der Waals surface area contributed by atoms with Gasteiger partial charge in [0.2, 0.25) is 15.9 Å². The number of ether oxygens (including phenoxy) is 1. The summed E-state index contributed by atoms with van der Waals surface area (Å²) in [4.78, 5) is 19.3. The quantitative estimate of drug-likeness (QED) is 0.216. The Morgan fingerprint density at radius 3 is 2.79 bits per heavy atom. The molecule has 2 aromatic rings. The van der Waals surface area contributed by atoms with E-state index in [2.05, 4.69) is 51.3 Å². The van der Waals surface area contributed by atoms with Gasteiger partial charge in [-0.05, 0) is 61.8 Å². The highest BCUT2D eigenvalue weighted by molar-refractivity contribution is 7.89. The van der Waals surface area contributed by atoms with Gasteiger partial charge in [0.15, 0.2) is 0 Å². The molecule has 2 unspecified atom stereocenters. The van der Waals surface area contributed by atoms with Crippen LogP contribution in [-0.4, -0.2) is 49.7 Å². The second kappa shape index (κ2) is 14.3. The Morgan fingerprint density at radius 2 is 2.10 bits per heavy atom. The van der Waals surface area contributed by atoms with Gasteiger partial charge in [-0.1, -0.05) is 25.1 Å². The molecule has 1 aliphatic rings. The number of hydrogen-bond donors (Lipinski definition) is 4. The molecular weight excluding hydrogens is 516 g/mol.